The molecular formula is C20H42O5S2. The van der Waals surface area contributed by atoms with Crippen molar-refractivity contribution in [2.75, 3.05) is 31.8 Å². The summed E-state index contributed by atoms with van der Waals surface area (Å²) in [6.07, 6.45) is 8.84. The van der Waals surface area contributed by atoms with Crippen LogP contribution in [-0.4, -0.2) is 43.5 Å². The molecule has 0 unspecified atom stereocenters. The molecule has 7 heteroatoms. The van der Waals surface area contributed by atoms with Gasteiger partial charge in [-0.25, -0.2) is 0 Å². The molecule has 0 aliphatic rings. The molecule has 0 atom stereocenters. The Labute approximate surface area is 170 Å². The second-order valence-electron chi connectivity index (χ2n) is 7.53. The molecule has 0 heterocycles. The van der Waals surface area contributed by atoms with Crippen molar-refractivity contribution in [1.29, 1.82) is 0 Å². The van der Waals surface area contributed by atoms with Gasteiger partial charge in [-0.1, -0.05) is 26.0 Å². The van der Waals surface area contributed by atoms with E-state index in [-0.39, 0.29) is 12.7 Å². The quantitative estimate of drug-likeness (QED) is 0.127. The van der Waals surface area contributed by atoms with Gasteiger partial charge in [0.05, 0.1) is 45.4 Å². The van der Waals surface area contributed by atoms with Crippen molar-refractivity contribution < 1.29 is 21.5 Å². The highest BCUT2D eigenvalue weighted by Gasteiger charge is 2.66. The van der Waals surface area contributed by atoms with Gasteiger partial charge in [-0.2, -0.15) is 0 Å². The van der Waals surface area contributed by atoms with E-state index < -0.39 is 14.1 Å². The molecule has 0 saturated heterocycles. The lowest BCUT2D eigenvalue weighted by Crippen LogP contribution is -2.51. The van der Waals surface area contributed by atoms with E-state index in [1.807, 2.05) is 47.0 Å². The van der Waals surface area contributed by atoms with E-state index in [0.29, 0.717) is 19.0 Å². The van der Waals surface area contributed by atoms with Crippen LogP contribution in [0.25, 0.3) is 0 Å². The summed E-state index contributed by atoms with van der Waals surface area (Å²) in [4.78, 5) is 0. The molecule has 0 fully saturated rings. The Morgan fingerprint density at radius 1 is 1.11 bits per heavy atom. The predicted molar refractivity (Wildman–Crippen MR) is 121 cm³/mol. The van der Waals surface area contributed by atoms with Crippen LogP contribution in [0, 0.1) is 0 Å². The third kappa shape index (κ3) is 7.63. The maximum Gasteiger partial charge on any atom is 0.102 e. The van der Waals surface area contributed by atoms with Gasteiger partial charge in [0.1, 0.15) is 6.61 Å². The van der Waals surface area contributed by atoms with Crippen LogP contribution in [0.4, 0.5) is 0 Å². The molecule has 0 bridgehead atoms. The molecule has 0 N–H and O–H groups in total. The largest absolute Gasteiger partial charge is 0.500 e. The average molecular weight is 427 g/mol. The first-order valence-electron chi connectivity index (χ1n) is 9.70. The Morgan fingerprint density at radius 3 is 2.22 bits per heavy atom. The number of hydrogen-bond donors (Lipinski definition) is 0. The van der Waals surface area contributed by atoms with E-state index in [1.54, 1.807) is 12.3 Å². The monoisotopic (exact) mass is 426 g/mol. The summed E-state index contributed by atoms with van der Waals surface area (Å²) in [6, 6.07) is 0. The van der Waals surface area contributed by atoms with Crippen molar-refractivity contribution in [3.8, 4) is 0 Å². The summed E-state index contributed by atoms with van der Waals surface area (Å²) in [6.45, 7) is 18.9. The van der Waals surface area contributed by atoms with E-state index >= 15 is 0 Å². The molecular weight excluding hydrogens is 384 g/mol. The maximum atomic E-state index is 6.73. The predicted octanol–water partition coefficient (Wildman–Crippen LogP) is 6.61. The smallest absolute Gasteiger partial charge is 0.102 e. The van der Waals surface area contributed by atoms with E-state index in [2.05, 4.69) is 20.4 Å². The van der Waals surface area contributed by atoms with Gasteiger partial charge in [0.2, 0.25) is 0 Å². The molecule has 0 spiro atoms. The van der Waals surface area contributed by atoms with Crippen LogP contribution in [0.5, 0.6) is 0 Å². The van der Waals surface area contributed by atoms with Gasteiger partial charge in [-0.3, -0.25) is 16.7 Å². The molecule has 0 amide bonds. The molecule has 0 aliphatic carbocycles. The summed E-state index contributed by atoms with van der Waals surface area (Å²) < 4.78 is 32.1. The SMILES string of the molecule is C=CCOS(CCOC=CCC)(OCCC)(OC(C)C)(OC(C)(C)C)SC. The Morgan fingerprint density at radius 2 is 1.78 bits per heavy atom. The Hall–Kier alpha value is -0.180. The molecule has 0 rings (SSSR count). The first kappa shape index (κ1) is 26.8. The molecule has 0 saturated carbocycles. The van der Waals surface area contributed by atoms with Crippen molar-refractivity contribution in [1.82, 2.24) is 0 Å². The molecule has 5 nitrogen and oxygen atoms in total. The lowest BCUT2D eigenvalue weighted by atomic mass is 10.2. The lowest BCUT2D eigenvalue weighted by molar-refractivity contribution is -0.00388. The number of hydrogen-bond acceptors (Lipinski definition) is 6. The molecule has 0 aromatic carbocycles. The number of rotatable bonds is 15. The normalized spacial score (nSPS) is 15.7. The van der Waals surface area contributed by atoms with Gasteiger partial charge < -0.3 is 4.74 Å². The van der Waals surface area contributed by atoms with Crippen LogP contribution in [0.2, 0.25) is 0 Å². The zero-order chi connectivity index (χ0) is 21.1. The third-order valence-corrected chi connectivity index (χ3v) is 12.1. The highest BCUT2D eigenvalue weighted by atomic mass is 33.2. The fraction of sp³-hybridized carbons (Fsp3) is 0.800. The molecule has 27 heavy (non-hydrogen) atoms. The van der Waals surface area contributed by atoms with Gasteiger partial charge in [-0.15, -0.1) is 6.58 Å². The minimum atomic E-state index is -4.45. The molecule has 0 aromatic heterocycles. The fourth-order valence-electron chi connectivity index (χ4n) is 2.59. The van der Waals surface area contributed by atoms with Gasteiger partial charge in [0.25, 0.3) is 0 Å². The summed E-state index contributed by atoms with van der Waals surface area (Å²) in [5.41, 5.74) is -0.562. The second kappa shape index (κ2) is 10.6. The van der Waals surface area contributed by atoms with E-state index in [1.165, 1.54) is 10.8 Å². The minimum Gasteiger partial charge on any atom is -0.500 e. The van der Waals surface area contributed by atoms with E-state index in [0.717, 1.165) is 12.8 Å². The molecule has 164 valence electrons. The third-order valence-electron chi connectivity index (χ3n) is 3.32. The first-order valence-corrected chi connectivity index (χ1v) is 13.8. The van der Waals surface area contributed by atoms with E-state index in [9.17, 15) is 0 Å². The zero-order valence-electron chi connectivity index (χ0n) is 18.6. The second-order valence-corrected chi connectivity index (χ2v) is 15.0. The maximum absolute atomic E-state index is 6.73. The first-order chi connectivity index (χ1) is 12.5. The summed E-state index contributed by atoms with van der Waals surface area (Å²) >= 11 is 0. The lowest BCUT2D eigenvalue weighted by Gasteiger charge is -2.76. The van der Waals surface area contributed by atoms with E-state index in [4.69, 9.17) is 21.5 Å². The van der Waals surface area contributed by atoms with Crippen LogP contribution in [-0.2, 0) is 21.5 Å². The number of ether oxygens (including phenoxy) is 1. The Bertz CT molecular complexity index is 491. The van der Waals surface area contributed by atoms with Crippen LogP contribution < -0.4 is 0 Å². The highest BCUT2D eigenvalue weighted by Crippen LogP contribution is 3.00. The van der Waals surface area contributed by atoms with Crippen LogP contribution in [0.3, 0.4) is 0 Å². The number of allylic oxidation sites excluding steroid dienone is 1. The zero-order valence-corrected chi connectivity index (χ0v) is 20.2. The topological polar surface area (TPSA) is 46.2 Å². The van der Waals surface area contributed by atoms with Gasteiger partial charge in [-0.05, 0) is 64.5 Å². The van der Waals surface area contributed by atoms with Crippen molar-refractivity contribution in [2.45, 2.75) is 73.0 Å². The van der Waals surface area contributed by atoms with Gasteiger partial charge in [0.15, 0.2) is 0 Å². The van der Waals surface area contributed by atoms with Crippen molar-refractivity contribution in [3.63, 3.8) is 0 Å². The van der Waals surface area contributed by atoms with Crippen molar-refractivity contribution in [2.24, 2.45) is 0 Å². The van der Waals surface area contributed by atoms with Gasteiger partial charge >= 0.3 is 0 Å². The minimum absolute atomic E-state index is 0.172. The van der Waals surface area contributed by atoms with Crippen molar-refractivity contribution in [3.05, 3.63) is 25.0 Å². The van der Waals surface area contributed by atoms with Crippen LogP contribution in [0.15, 0.2) is 25.0 Å². The van der Waals surface area contributed by atoms with Crippen LogP contribution >= 0.6 is 19.2 Å². The molecule has 0 aliphatic heterocycles. The van der Waals surface area contributed by atoms with Crippen LogP contribution in [0.1, 0.15) is 61.3 Å². The van der Waals surface area contributed by atoms with Gasteiger partial charge in [0, 0.05) is 0 Å². The standard InChI is InChI=1S/C20H42O5S2/c1-10-13-16-21-17-18-27(26-9,22-14-11-2,23-15-12-3,24-19(4)5)25-20(6,7)8/h11,13,16,19H,2,10,12,14-15,17-18H2,1,3-9H3. The molecule has 0 aromatic rings. The summed E-state index contributed by atoms with van der Waals surface area (Å²) in [5, 5.41) is 0. The summed E-state index contributed by atoms with van der Waals surface area (Å²) in [5.74, 6) is 0.332. The average Bonchev–Trinajstić information content (AvgIpc) is 2.57. The van der Waals surface area contributed by atoms with Crippen molar-refractivity contribution >= 4 is 19.2 Å². The Kier molecular flexibility index (Phi) is 10.5. The summed E-state index contributed by atoms with van der Waals surface area (Å²) in [7, 11) is -3.06. The molecule has 0 radical (unpaired) electrons. The highest BCUT2D eigenvalue weighted by molar-refractivity contribution is 9.04. The Balaban J connectivity index is 6.42. The fourth-order valence-corrected chi connectivity index (χ4v) is 10.5.